The molecule has 0 saturated carbocycles. The van der Waals surface area contributed by atoms with Gasteiger partial charge in [-0.25, -0.2) is 4.79 Å². The maximum atomic E-state index is 15.2. The molecular weight excluding hydrogens is 953 g/mol. The third-order valence-corrected chi connectivity index (χ3v) is 14.9. The molecule has 2 aromatic rings. The molecule has 5 unspecified atom stereocenters. The average molecular weight is 1020 g/mol. The first-order valence-electron chi connectivity index (χ1n) is 24.7. The number of aliphatic carboxylic acids is 1. The second-order valence-corrected chi connectivity index (χ2v) is 20.8. The van der Waals surface area contributed by atoms with Crippen molar-refractivity contribution in [1.29, 1.82) is 0 Å². The number of hydrogen-bond donors (Lipinski definition) is 8. The van der Waals surface area contributed by atoms with E-state index in [1.54, 1.807) is 39.8 Å². The van der Waals surface area contributed by atoms with Gasteiger partial charge in [0.2, 0.25) is 6.29 Å². The Morgan fingerprint density at radius 3 is 2.18 bits per heavy atom. The predicted octanol–water partition coefficient (Wildman–Crippen LogP) is 2.31. The smallest absolute Gasteiger partial charge is 0.335 e. The number of rotatable bonds is 7. The molecule has 8 N–H and O–H groups in total. The fourth-order valence-electron chi connectivity index (χ4n) is 10.6. The minimum atomic E-state index is -2.13. The zero-order valence-electron chi connectivity index (χ0n) is 43.1. The van der Waals surface area contributed by atoms with Gasteiger partial charge in [-0.2, -0.15) is 0 Å². The predicted molar refractivity (Wildman–Crippen MR) is 261 cm³/mol. The number of phenols is 1. The van der Waals surface area contributed by atoms with Crippen molar-refractivity contribution in [1.82, 2.24) is 4.90 Å². The Hall–Kier alpha value is -5.52. The number of ether oxygens (including phenoxy) is 6. The summed E-state index contributed by atoms with van der Waals surface area (Å²) in [6.07, 6.45) is -6.51. The van der Waals surface area contributed by atoms with Gasteiger partial charge in [-0.3, -0.25) is 24.4 Å². The Morgan fingerprint density at radius 2 is 1.56 bits per heavy atom. The van der Waals surface area contributed by atoms with Crippen molar-refractivity contribution in [3.63, 3.8) is 0 Å². The summed E-state index contributed by atoms with van der Waals surface area (Å²) >= 11 is 0. The van der Waals surface area contributed by atoms with E-state index in [9.17, 15) is 50.1 Å². The topological polar surface area (TPSA) is 305 Å². The molecule has 1 amide bonds. The number of esters is 1. The van der Waals surface area contributed by atoms with Gasteiger partial charge in [-0.15, -0.1) is 0 Å². The van der Waals surface area contributed by atoms with Gasteiger partial charge >= 0.3 is 17.7 Å². The Bertz CT molecular complexity index is 2720. The number of carboxylic acid groups (broad SMARTS) is 1. The van der Waals surface area contributed by atoms with Crippen LogP contribution < -0.4 is 25.5 Å². The van der Waals surface area contributed by atoms with Crippen molar-refractivity contribution in [2.24, 2.45) is 39.6 Å². The number of phenolic OH excluding ortho intramolecular Hbond substituents is 1. The lowest BCUT2D eigenvalue weighted by molar-refractivity contribution is -0.270. The maximum Gasteiger partial charge on any atom is 0.335 e. The first-order valence-corrected chi connectivity index (χ1v) is 24.7. The number of benzene rings is 2. The van der Waals surface area contributed by atoms with Crippen LogP contribution in [-0.2, 0) is 33.3 Å². The number of fused-ring (bicyclic) bond motifs is 1. The molecule has 1 spiro atoms. The number of hydrogen-bond acceptors (Lipinski definition) is 19. The van der Waals surface area contributed by atoms with Gasteiger partial charge < -0.3 is 74.4 Å². The summed E-state index contributed by atoms with van der Waals surface area (Å²) in [7, 11) is 1.42. The van der Waals surface area contributed by atoms with Gasteiger partial charge in [0.25, 0.3) is 11.7 Å². The van der Waals surface area contributed by atoms with Crippen LogP contribution in [0.4, 0.5) is 5.69 Å². The molecule has 0 aliphatic carbocycles. The highest BCUT2D eigenvalue weighted by molar-refractivity contribution is 6.19. The summed E-state index contributed by atoms with van der Waals surface area (Å²) in [5, 5.41) is 81.1. The quantitative estimate of drug-likeness (QED) is 0.185. The molecule has 5 aliphatic rings. The van der Waals surface area contributed by atoms with E-state index in [4.69, 9.17) is 38.4 Å². The van der Waals surface area contributed by atoms with Crippen LogP contribution in [0.3, 0.4) is 0 Å². The Morgan fingerprint density at radius 1 is 0.904 bits per heavy atom. The van der Waals surface area contributed by atoms with E-state index in [0.29, 0.717) is 31.8 Å². The number of methoxy groups -OCH3 is 1. The summed E-state index contributed by atoms with van der Waals surface area (Å²) < 4.78 is 36.1. The fraction of sp³-hybridized carbons (Fsp3) is 0.615. The molecule has 0 aromatic heterocycles. The minimum Gasteiger partial charge on any atom is -0.507 e. The number of aliphatic hydroxyl groups excluding tert-OH is 5. The molecule has 4 bridgehead atoms. The zero-order valence-corrected chi connectivity index (χ0v) is 43.1. The number of carbonyl (C=O) groups is 4. The highest BCUT2D eigenvalue weighted by Gasteiger charge is 2.52. The van der Waals surface area contributed by atoms with Gasteiger partial charge in [-0.1, -0.05) is 59.8 Å². The van der Waals surface area contributed by atoms with Crippen molar-refractivity contribution >= 4 is 40.1 Å². The number of ketones is 1. The monoisotopic (exact) mass is 1020 g/mol. The van der Waals surface area contributed by atoms with E-state index in [-0.39, 0.29) is 49.6 Å². The number of carbonyl (C=O) groups excluding carboxylic acids is 3. The molecule has 7 rings (SSSR count). The van der Waals surface area contributed by atoms with Crippen LogP contribution in [0.15, 0.2) is 46.1 Å². The molecule has 5 aliphatic heterocycles. The van der Waals surface area contributed by atoms with Crippen molar-refractivity contribution in [3.8, 4) is 17.2 Å². The van der Waals surface area contributed by atoms with Gasteiger partial charge in [0, 0.05) is 93.6 Å². The third kappa shape index (κ3) is 10.5. The Kier molecular flexibility index (Phi) is 16.2. The molecule has 2 fully saturated rings. The first kappa shape index (κ1) is 55.2. The number of anilines is 1. The van der Waals surface area contributed by atoms with Gasteiger partial charge in [0.1, 0.15) is 47.0 Å². The fourth-order valence-corrected chi connectivity index (χ4v) is 10.6. The molecule has 21 heteroatoms. The van der Waals surface area contributed by atoms with Gasteiger partial charge in [-0.05, 0) is 25.8 Å². The van der Waals surface area contributed by atoms with Crippen LogP contribution in [0.5, 0.6) is 17.2 Å². The number of nitrogens with zero attached hydrogens (tertiary/aromatic N) is 3. The zero-order chi connectivity index (χ0) is 53.8. The summed E-state index contributed by atoms with van der Waals surface area (Å²) in [4.78, 5) is 67.3. The number of piperidine rings is 1. The summed E-state index contributed by atoms with van der Waals surface area (Å²) in [5.41, 5.74) is -1.43. The lowest BCUT2D eigenvalue weighted by Crippen LogP contribution is -2.61. The molecule has 400 valence electrons. The van der Waals surface area contributed by atoms with Gasteiger partial charge in [0.05, 0.1) is 40.9 Å². The van der Waals surface area contributed by atoms with E-state index in [0.717, 1.165) is 6.54 Å². The van der Waals surface area contributed by atoms with Crippen LogP contribution in [0.25, 0.3) is 10.8 Å². The maximum absolute atomic E-state index is 15.2. The second kappa shape index (κ2) is 21.4. The number of nitrogens with one attached hydrogen (secondary N) is 1. The van der Waals surface area contributed by atoms with Crippen molar-refractivity contribution in [2.45, 2.75) is 149 Å². The lowest BCUT2D eigenvalue weighted by atomic mass is 9.78. The normalized spacial score (nSPS) is 35.5. The van der Waals surface area contributed by atoms with Crippen LogP contribution >= 0.6 is 0 Å². The largest absolute Gasteiger partial charge is 0.507 e. The third-order valence-electron chi connectivity index (χ3n) is 14.9. The van der Waals surface area contributed by atoms with Crippen LogP contribution in [0, 0.1) is 36.5 Å². The molecule has 14 atom stereocenters. The lowest BCUT2D eigenvalue weighted by Gasteiger charge is -2.38. The number of aromatic hydroxyl groups is 1. The number of aliphatic hydroxyl groups is 5. The standard InChI is InChI=1S/C52H70N4O17/c1-22(2)21-56-18-16-52(17-19-56)54-34-31-32-39(60)28(8)44-33(31)47(64)51(10,73-44)69-20-15-30(68-11)25(5)43(70-29(9)57)27(7)38(59)26(6)37(58)23(3)13-12-14-24(4)48(65)53-36(35(34)55-52)45(32)71-50-42(63)40(61)41(62)46(72-50)49(66)67/h12-15,20,22-23,25-27,30,37-38,40-43,46,50,58-63H,16-19,21H2,1-11H3,(H,53,65)(H,66,67)/b13-12+,20-15+,24-14-/t23-,25+,26+,27+,30-,37-,38+,40?,41?,42?,43+,46?,50?,51-/m0/s1. The highest BCUT2D eigenvalue weighted by Crippen LogP contribution is 2.51. The Balaban J connectivity index is 1.49. The summed E-state index contributed by atoms with van der Waals surface area (Å²) in [5.74, 6) is -9.44. The molecule has 73 heavy (non-hydrogen) atoms. The van der Waals surface area contributed by atoms with E-state index >= 15 is 4.79 Å². The van der Waals surface area contributed by atoms with E-state index in [1.165, 1.54) is 53.2 Å². The van der Waals surface area contributed by atoms with E-state index in [2.05, 4.69) is 24.1 Å². The number of amides is 1. The molecule has 2 aromatic carbocycles. The van der Waals surface area contributed by atoms with Crippen LogP contribution in [0.2, 0.25) is 0 Å². The number of carboxylic acids is 1. The van der Waals surface area contributed by atoms with E-state index in [1.807, 2.05) is 0 Å². The SMILES string of the molecule is CO[C@H]1/C=C/O[C@@]2(C)Oc3c(C)c(O)c4c(OC5OC(C(=O)O)C(O)C(O)C5O)c(c5c(c4c3C2=O)=NC2(CCN(CC(C)C)CC2)N=5)NC(=O)/C(C)=C\C=C\[C@H](C)[C@H](O)[C@@H](C)[C@@H](O)[C@@H](C)[C@H](OC(C)=O)[C@@H]1C. The molecule has 5 heterocycles. The number of Topliss-reactive ketones (excluding diaryl/α,β-unsaturated/α-hetero) is 1. The highest BCUT2D eigenvalue weighted by atomic mass is 16.7. The van der Waals surface area contributed by atoms with Crippen molar-refractivity contribution < 1.29 is 83.3 Å². The van der Waals surface area contributed by atoms with E-state index < -0.39 is 125 Å². The second-order valence-electron chi connectivity index (χ2n) is 20.8. The number of allylic oxidation sites excluding steroid dienone is 2. The van der Waals surface area contributed by atoms with Crippen molar-refractivity contribution in [3.05, 3.63) is 58.0 Å². The van der Waals surface area contributed by atoms with Crippen LogP contribution in [0.1, 0.15) is 91.1 Å². The molecule has 21 nitrogen and oxygen atoms in total. The minimum absolute atomic E-state index is 0.00271. The first-order chi connectivity index (χ1) is 34.3. The average Bonchev–Trinajstić information content (AvgIpc) is 3.84. The summed E-state index contributed by atoms with van der Waals surface area (Å²) in [6.45, 7) is 18.6. The molecular formula is C52H70N4O17. The van der Waals surface area contributed by atoms with Crippen molar-refractivity contribution in [2.75, 3.05) is 32.1 Å². The summed E-state index contributed by atoms with van der Waals surface area (Å²) in [6, 6.07) is 0. The van der Waals surface area contributed by atoms with Gasteiger partial charge in [0.15, 0.2) is 17.5 Å². The molecule has 2 saturated heterocycles. The van der Waals surface area contributed by atoms with Crippen LogP contribution in [-0.4, -0.2) is 158 Å². The number of likely N-dealkylation sites (tertiary alicyclic amines) is 1. The Labute approximate surface area is 422 Å². The molecule has 0 radical (unpaired) electrons.